The predicted octanol–water partition coefficient (Wildman–Crippen LogP) is 4.61. The van der Waals surface area contributed by atoms with Crippen molar-refractivity contribution in [1.82, 2.24) is 0 Å². The Balaban J connectivity index is 1.62. The molecule has 0 saturated heterocycles. The zero-order valence-electron chi connectivity index (χ0n) is 22.5. The summed E-state index contributed by atoms with van der Waals surface area (Å²) >= 11 is 0. The van der Waals surface area contributed by atoms with Crippen LogP contribution in [0.3, 0.4) is 0 Å². The molecule has 3 fully saturated rings. The van der Waals surface area contributed by atoms with Crippen LogP contribution < -0.4 is 0 Å². The summed E-state index contributed by atoms with van der Waals surface area (Å²) in [5.74, 6) is -0.831. The highest BCUT2D eigenvalue weighted by atomic mass is 32.2. The maximum atomic E-state index is 13.3. The Morgan fingerprint density at radius 1 is 1.19 bits per heavy atom. The molecule has 0 heterocycles. The lowest BCUT2D eigenvalue weighted by Crippen LogP contribution is -2.62. The van der Waals surface area contributed by atoms with Crippen LogP contribution in [-0.2, 0) is 28.6 Å². The maximum absolute atomic E-state index is 13.3. The summed E-state index contributed by atoms with van der Waals surface area (Å²) in [6.07, 6.45) is 3.40. The molecule has 0 aromatic heterocycles. The molecule has 3 aliphatic rings. The third-order valence-electron chi connectivity index (χ3n) is 10.3. The van der Waals surface area contributed by atoms with E-state index in [2.05, 4.69) is 20.4 Å². The minimum atomic E-state index is -4.15. The first-order valence-electron chi connectivity index (χ1n) is 13.2. The van der Waals surface area contributed by atoms with Gasteiger partial charge in [0.05, 0.1) is 11.0 Å². The molecule has 37 heavy (non-hydrogen) atoms. The van der Waals surface area contributed by atoms with Crippen LogP contribution in [0.2, 0.25) is 0 Å². The van der Waals surface area contributed by atoms with Crippen molar-refractivity contribution in [2.75, 3.05) is 6.61 Å². The maximum Gasteiger partial charge on any atom is 0.333 e. The van der Waals surface area contributed by atoms with Crippen molar-refractivity contribution in [1.29, 1.82) is 0 Å². The Kier molecular flexibility index (Phi) is 7.27. The molecule has 8 heteroatoms. The monoisotopic (exact) mass is 532 g/mol. The van der Waals surface area contributed by atoms with E-state index in [1.54, 1.807) is 18.2 Å². The van der Waals surface area contributed by atoms with Gasteiger partial charge in [-0.2, -0.15) is 8.42 Å². The average Bonchev–Trinajstić information content (AvgIpc) is 3.21. The molecule has 4 rings (SSSR count). The number of carbonyl (C=O) groups is 2. The van der Waals surface area contributed by atoms with E-state index in [-0.39, 0.29) is 33.8 Å². The van der Waals surface area contributed by atoms with Crippen LogP contribution in [0.25, 0.3) is 0 Å². The second-order valence-corrected chi connectivity index (χ2v) is 13.7. The smallest absolute Gasteiger partial charge is 0.333 e. The molecular weight excluding hydrogens is 492 g/mol. The zero-order valence-corrected chi connectivity index (χ0v) is 23.3. The number of Topliss-reactive ketones (excluding diaryl/α,β-unsaturated/α-hetero) is 1. The van der Waals surface area contributed by atoms with Gasteiger partial charge in [-0.25, -0.2) is 4.79 Å². The minimum absolute atomic E-state index is 0.0448. The number of ether oxygens (including phenoxy) is 1. The molecule has 204 valence electrons. The van der Waals surface area contributed by atoms with Crippen molar-refractivity contribution in [3.63, 3.8) is 0 Å². The zero-order chi connectivity index (χ0) is 27.4. The molecule has 0 spiro atoms. The third-order valence-corrected chi connectivity index (χ3v) is 11.5. The number of carbonyl (C=O) groups excluding carboxylic acids is 2. The lowest BCUT2D eigenvalue weighted by Gasteiger charge is -2.61. The van der Waals surface area contributed by atoms with Gasteiger partial charge in [0.15, 0.2) is 6.61 Å². The molecule has 7 nitrogen and oxygen atoms in total. The molecule has 1 aromatic carbocycles. The van der Waals surface area contributed by atoms with Crippen molar-refractivity contribution < 1.29 is 32.0 Å². The molecule has 1 aromatic rings. The number of benzene rings is 1. The van der Waals surface area contributed by atoms with E-state index in [1.165, 1.54) is 12.1 Å². The van der Waals surface area contributed by atoms with Crippen LogP contribution in [0, 0.1) is 40.9 Å². The highest BCUT2D eigenvalue weighted by Gasteiger charge is 2.67. The number of aryl methyl sites for hydroxylation is 1. The topological polar surface area (TPSA) is 107 Å². The van der Waals surface area contributed by atoms with Crippen LogP contribution in [0.4, 0.5) is 0 Å². The van der Waals surface area contributed by atoms with Gasteiger partial charge in [-0.1, -0.05) is 51.5 Å². The first kappa shape index (κ1) is 28.0. The van der Waals surface area contributed by atoms with Crippen molar-refractivity contribution in [2.45, 2.75) is 83.8 Å². The third kappa shape index (κ3) is 4.49. The summed E-state index contributed by atoms with van der Waals surface area (Å²) in [6, 6.07) is 6.15. The van der Waals surface area contributed by atoms with Gasteiger partial charge < -0.3 is 9.84 Å². The summed E-state index contributed by atoms with van der Waals surface area (Å²) in [5, 5.41) is 11.7. The number of aliphatic hydroxyl groups is 1. The SMILES string of the molecule is C=C[C@@]1(C)[C@@H](OC(=O)COS(=O)(=O)c2ccc(C)cc2)C[C@]2(C)[C@H](C)CC[C@]3(CCC(=O)[C@@H]23)[C@@H](C)[C@@H]1O. The molecule has 3 aliphatic carbocycles. The summed E-state index contributed by atoms with van der Waals surface area (Å²) < 4.78 is 36.1. The van der Waals surface area contributed by atoms with Gasteiger partial charge in [0.25, 0.3) is 10.1 Å². The van der Waals surface area contributed by atoms with E-state index < -0.39 is 45.7 Å². The molecule has 2 bridgehead atoms. The lowest BCUT2D eigenvalue weighted by molar-refractivity contribution is -0.197. The summed E-state index contributed by atoms with van der Waals surface area (Å²) in [7, 11) is -4.15. The first-order chi connectivity index (χ1) is 17.2. The molecule has 1 N–H and O–H groups in total. The number of hydrogen-bond acceptors (Lipinski definition) is 7. The summed E-state index contributed by atoms with van der Waals surface area (Å²) in [4.78, 5) is 26.3. The number of rotatable bonds is 6. The van der Waals surface area contributed by atoms with E-state index in [0.717, 1.165) is 24.8 Å². The predicted molar refractivity (Wildman–Crippen MR) is 139 cm³/mol. The average molecular weight is 533 g/mol. The fraction of sp³-hybridized carbons (Fsp3) is 0.655. The van der Waals surface area contributed by atoms with Crippen LogP contribution in [-0.4, -0.2) is 44.1 Å². The van der Waals surface area contributed by atoms with Gasteiger partial charge in [0.2, 0.25) is 0 Å². The van der Waals surface area contributed by atoms with Gasteiger partial charge in [-0.3, -0.25) is 8.98 Å². The van der Waals surface area contributed by atoms with Gasteiger partial charge in [0, 0.05) is 17.8 Å². The van der Waals surface area contributed by atoms with E-state index in [1.807, 2.05) is 20.8 Å². The second kappa shape index (κ2) is 9.62. The van der Waals surface area contributed by atoms with Crippen molar-refractivity contribution in [2.24, 2.45) is 34.0 Å². The Labute approximate surface area is 220 Å². The van der Waals surface area contributed by atoms with E-state index in [9.17, 15) is 23.1 Å². The molecule has 0 radical (unpaired) electrons. The Morgan fingerprint density at radius 2 is 1.84 bits per heavy atom. The fourth-order valence-electron chi connectivity index (χ4n) is 7.57. The Morgan fingerprint density at radius 3 is 2.46 bits per heavy atom. The van der Waals surface area contributed by atoms with Crippen LogP contribution in [0.15, 0.2) is 41.8 Å². The molecule has 8 atom stereocenters. The molecule has 0 unspecified atom stereocenters. The number of ketones is 1. The standard InChI is InChI=1S/C29H40O7S/c1-7-27(5)23(36-24(31)17-35-37(33,34)21-10-8-18(2)9-11-21)16-28(6)19(3)12-14-29(20(4)26(27)32)15-13-22(30)25(28)29/h7-11,19-20,23,25-26,32H,1,12-17H2,2-6H3/t19-,20+,23+,25+,26+,27+,28-,29+/m1/s1. The van der Waals surface area contributed by atoms with Crippen LogP contribution in [0.5, 0.6) is 0 Å². The molecule has 0 aliphatic heterocycles. The van der Waals surface area contributed by atoms with Crippen LogP contribution >= 0.6 is 0 Å². The van der Waals surface area contributed by atoms with Gasteiger partial charge in [-0.05, 0) is 67.4 Å². The van der Waals surface area contributed by atoms with Gasteiger partial charge in [0.1, 0.15) is 11.9 Å². The van der Waals surface area contributed by atoms with Crippen molar-refractivity contribution in [3.8, 4) is 0 Å². The molecular formula is C29H40O7S. The molecule has 0 amide bonds. The van der Waals surface area contributed by atoms with E-state index >= 15 is 0 Å². The quantitative estimate of drug-likeness (QED) is 0.324. The number of aliphatic hydroxyl groups excluding tert-OH is 1. The number of hydrogen-bond donors (Lipinski definition) is 1. The molecule has 3 saturated carbocycles. The van der Waals surface area contributed by atoms with Gasteiger partial charge in [-0.15, -0.1) is 6.58 Å². The van der Waals surface area contributed by atoms with Gasteiger partial charge >= 0.3 is 5.97 Å². The number of esters is 1. The van der Waals surface area contributed by atoms with Crippen molar-refractivity contribution >= 4 is 21.9 Å². The second-order valence-electron chi connectivity index (χ2n) is 12.1. The summed E-state index contributed by atoms with van der Waals surface area (Å²) in [5.41, 5.74) is -0.825. The fourth-order valence-corrected chi connectivity index (χ4v) is 8.43. The van der Waals surface area contributed by atoms with E-state index in [0.29, 0.717) is 12.8 Å². The minimum Gasteiger partial charge on any atom is -0.460 e. The Hall–Kier alpha value is -2.03. The van der Waals surface area contributed by atoms with E-state index in [4.69, 9.17) is 8.92 Å². The van der Waals surface area contributed by atoms with Crippen LogP contribution in [0.1, 0.15) is 65.4 Å². The highest BCUT2D eigenvalue weighted by molar-refractivity contribution is 7.86. The summed E-state index contributed by atoms with van der Waals surface area (Å²) in [6.45, 7) is 13.2. The normalized spacial score (nSPS) is 39.8. The lowest BCUT2D eigenvalue weighted by atomic mass is 9.44. The Bertz CT molecular complexity index is 1180. The largest absolute Gasteiger partial charge is 0.460 e. The highest BCUT2D eigenvalue weighted by Crippen LogP contribution is 2.67. The first-order valence-corrected chi connectivity index (χ1v) is 14.6. The van der Waals surface area contributed by atoms with Crippen molar-refractivity contribution in [3.05, 3.63) is 42.5 Å².